The number of para-hydroxylation sites is 1. The Morgan fingerprint density at radius 3 is 2.72 bits per heavy atom. The van der Waals surface area contributed by atoms with Crippen molar-refractivity contribution < 1.29 is 14.3 Å². The number of carbonyl (C=O) groups excluding carboxylic acids is 1. The van der Waals surface area contributed by atoms with E-state index in [1.807, 2.05) is 37.3 Å². The molecule has 0 saturated heterocycles. The van der Waals surface area contributed by atoms with Crippen LogP contribution >= 0.6 is 0 Å². The Morgan fingerprint density at radius 1 is 1.22 bits per heavy atom. The molecule has 0 radical (unpaired) electrons. The SMILES string of the molecule is CCOCCCNC(=O)CCOc1ccccc1. The molecule has 0 spiro atoms. The fourth-order valence-electron chi connectivity index (χ4n) is 1.41. The van der Waals surface area contributed by atoms with Crippen LogP contribution in [0.2, 0.25) is 0 Å². The summed E-state index contributed by atoms with van der Waals surface area (Å²) in [6, 6.07) is 9.49. The van der Waals surface area contributed by atoms with E-state index in [-0.39, 0.29) is 5.91 Å². The van der Waals surface area contributed by atoms with Crippen molar-refractivity contribution in [3.8, 4) is 5.75 Å². The third-order valence-corrected chi connectivity index (χ3v) is 2.33. The summed E-state index contributed by atoms with van der Waals surface area (Å²) in [5, 5.41) is 2.83. The summed E-state index contributed by atoms with van der Waals surface area (Å²) in [4.78, 5) is 11.4. The normalized spacial score (nSPS) is 10.1. The molecule has 0 saturated carbocycles. The van der Waals surface area contributed by atoms with Gasteiger partial charge in [0.2, 0.25) is 5.91 Å². The van der Waals surface area contributed by atoms with Gasteiger partial charge in [0.15, 0.2) is 0 Å². The molecule has 1 aromatic carbocycles. The van der Waals surface area contributed by atoms with E-state index >= 15 is 0 Å². The molecular formula is C14H21NO3. The minimum atomic E-state index is 0.0161. The quantitative estimate of drug-likeness (QED) is 0.683. The van der Waals surface area contributed by atoms with Gasteiger partial charge in [-0.15, -0.1) is 0 Å². The molecule has 4 heteroatoms. The van der Waals surface area contributed by atoms with E-state index in [1.54, 1.807) is 0 Å². The number of carbonyl (C=O) groups is 1. The standard InChI is InChI=1S/C14H21NO3/c1-2-17-11-6-10-15-14(16)9-12-18-13-7-4-3-5-8-13/h3-5,7-8H,2,6,9-12H2,1H3,(H,15,16). The second-order valence-electron chi connectivity index (χ2n) is 3.81. The van der Waals surface area contributed by atoms with Crippen LogP contribution in [0.5, 0.6) is 5.75 Å². The molecule has 0 unspecified atom stereocenters. The van der Waals surface area contributed by atoms with Gasteiger partial charge in [0.25, 0.3) is 0 Å². The topological polar surface area (TPSA) is 47.6 Å². The molecule has 0 aliphatic carbocycles. The molecule has 0 bridgehead atoms. The third kappa shape index (κ3) is 6.91. The molecule has 4 nitrogen and oxygen atoms in total. The van der Waals surface area contributed by atoms with Gasteiger partial charge >= 0.3 is 0 Å². The molecule has 1 rings (SSSR count). The monoisotopic (exact) mass is 251 g/mol. The molecule has 0 fully saturated rings. The van der Waals surface area contributed by atoms with Crippen molar-refractivity contribution in [3.63, 3.8) is 0 Å². The lowest BCUT2D eigenvalue weighted by atomic mass is 10.3. The Hall–Kier alpha value is -1.55. The summed E-state index contributed by atoms with van der Waals surface area (Å²) in [7, 11) is 0. The maximum Gasteiger partial charge on any atom is 0.223 e. The van der Waals surface area contributed by atoms with Crippen LogP contribution in [0.1, 0.15) is 19.8 Å². The van der Waals surface area contributed by atoms with Gasteiger partial charge in [-0.3, -0.25) is 4.79 Å². The number of hydrogen-bond donors (Lipinski definition) is 1. The highest BCUT2D eigenvalue weighted by molar-refractivity contribution is 5.75. The van der Waals surface area contributed by atoms with Crippen LogP contribution < -0.4 is 10.1 Å². The van der Waals surface area contributed by atoms with Crippen LogP contribution in [-0.4, -0.2) is 32.3 Å². The second-order valence-corrected chi connectivity index (χ2v) is 3.81. The van der Waals surface area contributed by atoms with E-state index in [0.717, 1.165) is 18.8 Å². The molecule has 0 aliphatic heterocycles. The average molecular weight is 251 g/mol. The first-order chi connectivity index (χ1) is 8.83. The Bertz CT molecular complexity index is 327. The van der Waals surface area contributed by atoms with Crippen molar-refractivity contribution >= 4 is 5.91 Å². The molecule has 0 aromatic heterocycles. The smallest absolute Gasteiger partial charge is 0.223 e. The van der Waals surface area contributed by atoms with E-state index in [4.69, 9.17) is 9.47 Å². The zero-order valence-corrected chi connectivity index (χ0v) is 10.9. The fourth-order valence-corrected chi connectivity index (χ4v) is 1.41. The van der Waals surface area contributed by atoms with Gasteiger partial charge < -0.3 is 14.8 Å². The zero-order valence-electron chi connectivity index (χ0n) is 10.9. The molecule has 100 valence electrons. The van der Waals surface area contributed by atoms with Crippen molar-refractivity contribution in [2.24, 2.45) is 0 Å². The van der Waals surface area contributed by atoms with Gasteiger partial charge in [0.05, 0.1) is 13.0 Å². The molecule has 18 heavy (non-hydrogen) atoms. The van der Waals surface area contributed by atoms with Crippen LogP contribution in [0.15, 0.2) is 30.3 Å². The summed E-state index contributed by atoms with van der Waals surface area (Å²) in [6.45, 7) is 4.43. The van der Waals surface area contributed by atoms with Crippen LogP contribution in [0.3, 0.4) is 0 Å². The first-order valence-corrected chi connectivity index (χ1v) is 6.35. The third-order valence-electron chi connectivity index (χ3n) is 2.33. The lowest BCUT2D eigenvalue weighted by Gasteiger charge is -2.07. The number of hydrogen-bond acceptors (Lipinski definition) is 3. The van der Waals surface area contributed by atoms with E-state index in [2.05, 4.69) is 5.32 Å². The van der Waals surface area contributed by atoms with Crippen LogP contribution in [0.4, 0.5) is 0 Å². The fraction of sp³-hybridized carbons (Fsp3) is 0.500. The number of nitrogens with one attached hydrogen (secondary N) is 1. The molecule has 0 atom stereocenters. The predicted molar refractivity (Wildman–Crippen MR) is 70.7 cm³/mol. The van der Waals surface area contributed by atoms with Gasteiger partial charge in [-0.2, -0.15) is 0 Å². The van der Waals surface area contributed by atoms with Crippen molar-refractivity contribution in [2.45, 2.75) is 19.8 Å². The van der Waals surface area contributed by atoms with Crippen molar-refractivity contribution in [1.29, 1.82) is 0 Å². The minimum Gasteiger partial charge on any atom is -0.493 e. The molecule has 1 N–H and O–H groups in total. The zero-order chi connectivity index (χ0) is 13.1. The van der Waals surface area contributed by atoms with Crippen molar-refractivity contribution in [3.05, 3.63) is 30.3 Å². The minimum absolute atomic E-state index is 0.0161. The largest absolute Gasteiger partial charge is 0.493 e. The highest BCUT2D eigenvalue weighted by Crippen LogP contribution is 2.08. The number of benzene rings is 1. The first kappa shape index (κ1) is 14.5. The second kappa shape index (κ2) is 9.48. The molecule has 0 aliphatic rings. The molecular weight excluding hydrogens is 230 g/mol. The first-order valence-electron chi connectivity index (χ1n) is 6.35. The van der Waals surface area contributed by atoms with Gasteiger partial charge in [-0.1, -0.05) is 18.2 Å². The predicted octanol–water partition coefficient (Wildman–Crippen LogP) is 2.00. The average Bonchev–Trinajstić information content (AvgIpc) is 2.40. The molecule has 0 heterocycles. The molecule has 1 amide bonds. The van der Waals surface area contributed by atoms with E-state index in [1.165, 1.54) is 0 Å². The van der Waals surface area contributed by atoms with E-state index in [0.29, 0.717) is 26.2 Å². The number of amides is 1. The maximum atomic E-state index is 11.4. The lowest BCUT2D eigenvalue weighted by Crippen LogP contribution is -2.26. The Morgan fingerprint density at radius 2 is 2.00 bits per heavy atom. The van der Waals surface area contributed by atoms with Crippen molar-refractivity contribution in [2.75, 3.05) is 26.4 Å². The lowest BCUT2D eigenvalue weighted by molar-refractivity contribution is -0.121. The van der Waals surface area contributed by atoms with E-state index in [9.17, 15) is 4.79 Å². The maximum absolute atomic E-state index is 11.4. The van der Waals surface area contributed by atoms with Crippen molar-refractivity contribution in [1.82, 2.24) is 5.32 Å². The van der Waals surface area contributed by atoms with Crippen LogP contribution in [0, 0.1) is 0 Å². The van der Waals surface area contributed by atoms with E-state index < -0.39 is 0 Å². The van der Waals surface area contributed by atoms with Crippen LogP contribution in [0.25, 0.3) is 0 Å². The molecule has 1 aromatic rings. The number of ether oxygens (including phenoxy) is 2. The summed E-state index contributed by atoms with van der Waals surface area (Å²) >= 11 is 0. The summed E-state index contributed by atoms with van der Waals surface area (Å²) in [6.07, 6.45) is 1.22. The van der Waals surface area contributed by atoms with Gasteiger partial charge in [-0.05, 0) is 25.5 Å². The summed E-state index contributed by atoms with van der Waals surface area (Å²) in [5.74, 6) is 0.809. The Kier molecular flexibility index (Phi) is 7.64. The number of rotatable bonds is 9. The highest BCUT2D eigenvalue weighted by atomic mass is 16.5. The van der Waals surface area contributed by atoms with Crippen LogP contribution in [-0.2, 0) is 9.53 Å². The highest BCUT2D eigenvalue weighted by Gasteiger charge is 2.01. The Labute approximate surface area is 108 Å². The summed E-state index contributed by atoms with van der Waals surface area (Å²) in [5.41, 5.74) is 0. The summed E-state index contributed by atoms with van der Waals surface area (Å²) < 4.78 is 10.6. The Balaban J connectivity index is 2.00. The van der Waals surface area contributed by atoms with Gasteiger partial charge in [-0.25, -0.2) is 0 Å². The van der Waals surface area contributed by atoms with Gasteiger partial charge in [0, 0.05) is 19.8 Å². The van der Waals surface area contributed by atoms with Gasteiger partial charge in [0.1, 0.15) is 5.75 Å².